The van der Waals surface area contributed by atoms with Gasteiger partial charge in [0, 0.05) is 0 Å². The van der Waals surface area contributed by atoms with Gasteiger partial charge in [0.05, 0.1) is 18.9 Å². The third-order valence-electron chi connectivity index (χ3n) is 2.85. The maximum Gasteiger partial charge on any atom is 0.117 e. The second kappa shape index (κ2) is 3.85. The smallest absolute Gasteiger partial charge is 0.117 e. The molecule has 1 saturated carbocycles. The third kappa shape index (κ3) is 1.80. The van der Waals surface area contributed by atoms with Gasteiger partial charge in [0.1, 0.15) is 11.3 Å². The van der Waals surface area contributed by atoms with E-state index in [1.165, 1.54) is 0 Å². The fourth-order valence-electron chi connectivity index (χ4n) is 1.98. The monoisotopic (exact) mass is 190 g/mol. The predicted octanol–water partition coefficient (Wildman–Crippen LogP) is 2.21. The van der Waals surface area contributed by atoms with Crippen molar-refractivity contribution in [1.82, 2.24) is 5.32 Å². The topological polar surface area (TPSA) is 49.0 Å². The van der Waals surface area contributed by atoms with Gasteiger partial charge in [-0.3, -0.25) is 5.32 Å². The molecular weight excluding hydrogens is 176 g/mol. The minimum absolute atomic E-state index is 0.299. The molecule has 0 atom stereocenters. The first-order valence-electron chi connectivity index (χ1n) is 5.03. The Bertz CT molecular complexity index is 318. The van der Waals surface area contributed by atoms with Crippen LogP contribution in [0.25, 0.3) is 0 Å². The number of nitrogens with one attached hydrogen (secondary N) is 1. The zero-order valence-electron chi connectivity index (χ0n) is 8.12. The van der Waals surface area contributed by atoms with Crippen molar-refractivity contribution >= 4 is 0 Å². The summed E-state index contributed by atoms with van der Waals surface area (Å²) in [5, 5.41) is 12.4. The van der Waals surface area contributed by atoms with Gasteiger partial charge in [-0.2, -0.15) is 5.26 Å². The van der Waals surface area contributed by atoms with Crippen molar-refractivity contribution in [3.63, 3.8) is 0 Å². The van der Waals surface area contributed by atoms with Gasteiger partial charge in [-0.15, -0.1) is 0 Å². The van der Waals surface area contributed by atoms with E-state index in [1.807, 2.05) is 12.1 Å². The lowest BCUT2D eigenvalue weighted by Crippen LogP contribution is -2.40. The average molecular weight is 190 g/mol. The molecule has 3 heteroatoms. The Labute approximate surface area is 83.7 Å². The van der Waals surface area contributed by atoms with E-state index >= 15 is 0 Å². The molecule has 1 aromatic rings. The van der Waals surface area contributed by atoms with Crippen LogP contribution in [0.1, 0.15) is 31.4 Å². The number of nitrogens with zero attached hydrogens (tertiary/aromatic N) is 1. The molecule has 0 aliphatic heterocycles. The number of hydrogen-bond acceptors (Lipinski definition) is 3. The van der Waals surface area contributed by atoms with Crippen molar-refractivity contribution in [3.05, 3.63) is 24.2 Å². The molecule has 1 aliphatic carbocycles. The van der Waals surface area contributed by atoms with Crippen LogP contribution in [0, 0.1) is 11.3 Å². The minimum atomic E-state index is -0.299. The van der Waals surface area contributed by atoms with E-state index < -0.39 is 0 Å². The van der Waals surface area contributed by atoms with Crippen LogP contribution in [0.5, 0.6) is 0 Å². The molecule has 0 amide bonds. The summed E-state index contributed by atoms with van der Waals surface area (Å²) >= 11 is 0. The molecule has 0 saturated heterocycles. The van der Waals surface area contributed by atoms with Gasteiger partial charge in [-0.05, 0) is 25.0 Å². The van der Waals surface area contributed by atoms with Crippen molar-refractivity contribution in [1.29, 1.82) is 5.26 Å². The van der Waals surface area contributed by atoms with Crippen molar-refractivity contribution in [2.45, 2.75) is 37.8 Å². The van der Waals surface area contributed by atoms with E-state index in [0.29, 0.717) is 6.54 Å². The Hall–Kier alpha value is -1.27. The molecular formula is C11H14N2O. The maximum atomic E-state index is 9.10. The summed E-state index contributed by atoms with van der Waals surface area (Å²) in [6.45, 7) is 0.653. The van der Waals surface area contributed by atoms with E-state index in [0.717, 1.165) is 31.4 Å². The molecule has 0 unspecified atom stereocenters. The van der Waals surface area contributed by atoms with E-state index in [2.05, 4.69) is 11.4 Å². The largest absolute Gasteiger partial charge is 0.468 e. The molecule has 1 aromatic heterocycles. The first-order valence-corrected chi connectivity index (χ1v) is 5.03. The predicted molar refractivity (Wildman–Crippen MR) is 52.4 cm³/mol. The fraction of sp³-hybridized carbons (Fsp3) is 0.545. The molecule has 14 heavy (non-hydrogen) atoms. The SMILES string of the molecule is N#CC1(NCc2ccco2)CCCC1. The van der Waals surface area contributed by atoms with Gasteiger partial charge in [-0.25, -0.2) is 0 Å². The molecule has 1 fully saturated rings. The zero-order valence-corrected chi connectivity index (χ0v) is 8.12. The normalized spacial score (nSPS) is 19.4. The van der Waals surface area contributed by atoms with E-state index in [9.17, 15) is 0 Å². The Balaban J connectivity index is 1.93. The molecule has 0 aromatic carbocycles. The molecule has 1 aliphatic rings. The molecule has 2 rings (SSSR count). The highest BCUT2D eigenvalue weighted by molar-refractivity contribution is 5.11. The van der Waals surface area contributed by atoms with Crippen LogP contribution in [0.15, 0.2) is 22.8 Å². The fourth-order valence-corrected chi connectivity index (χ4v) is 1.98. The van der Waals surface area contributed by atoms with Crippen LogP contribution in [0.3, 0.4) is 0 Å². The quantitative estimate of drug-likeness (QED) is 0.794. The Kier molecular flexibility index (Phi) is 2.55. The molecule has 0 spiro atoms. The molecule has 0 bridgehead atoms. The van der Waals surface area contributed by atoms with Crippen LogP contribution in [-0.4, -0.2) is 5.54 Å². The molecule has 1 heterocycles. The highest BCUT2D eigenvalue weighted by Crippen LogP contribution is 2.29. The van der Waals surface area contributed by atoms with Crippen molar-refractivity contribution in [2.75, 3.05) is 0 Å². The van der Waals surface area contributed by atoms with Crippen LogP contribution < -0.4 is 5.32 Å². The van der Waals surface area contributed by atoms with Gasteiger partial charge in [-0.1, -0.05) is 12.8 Å². The second-order valence-corrected chi connectivity index (χ2v) is 3.83. The Morgan fingerprint density at radius 3 is 2.86 bits per heavy atom. The van der Waals surface area contributed by atoms with E-state index in [4.69, 9.17) is 9.68 Å². The van der Waals surface area contributed by atoms with Crippen molar-refractivity contribution in [3.8, 4) is 6.07 Å². The summed E-state index contributed by atoms with van der Waals surface area (Å²) in [4.78, 5) is 0. The summed E-state index contributed by atoms with van der Waals surface area (Å²) in [5.41, 5.74) is -0.299. The highest BCUT2D eigenvalue weighted by atomic mass is 16.3. The van der Waals surface area contributed by atoms with Gasteiger partial charge in [0.15, 0.2) is 0 Å². The van der Waals surface area contributed by atoms with Gasteiger partial charge in [0.25, 0.3) is 0 Å². The minimum Gasteiger partial charge on any atom is -0.468 e. The number of nitriles is 1. The average Bonchev–Trinajstić information content (AvgIpc) is 2.87. The van der Waals surface area contributed by atoms with Gasteiger partial charge < -0.3 is 4.42 Å². The van der Waals surface area contributed by atoms with Crippen LogP contribution in [0.4, 0.5) is 0 Å². The Morgan fingerprint density at radius 2 is 2.29 bits per heavy atom. The number of hydrogen-bond donors (Lipinski definition) is 1. The number of rotatable bonds is 3. The summed E-state index contributed by atoms with van der Waals surface area (Å²) in [6, 6.07) is 6.18. The zero-order chi connectivity index (χ0) is 9.86. The van der Waals surface area contributed by atoms with Crippen molar-refractivity contribution in [2.24, 2.45) is 0 Å². The van der Waals surface area contributed by atoms with Crippen LogP contribution >= 0.6 is 0 Å². The van der Waals surface area contributed by atoms with Crippen molar-refractivity contribution < 1.29 is 4.42 Å². The number of furan rings is 1. The molecule has 1 N–H and O–H groups in total. The standard InChI is InChI=1S/C11H14N2O/c12-9-11(5-1-2-6-11)13-8-10-4-3-7-14-10/h3-4,7,13H,1-2,5-6,8H2. The first-order chi connectivity index (χ1) is 6.85. The second-order valence-electron chi connectivity index (χ2n) is 3.83. The highest BCUT2D eigenvalue weighted by Gasteiger charge is 2.33. The van der Waals surface area contributed by atoms with E-state index in [1.54, 1.807) is 6.26 Å². The van der Waals surface area contributed by atoms with Crippen LogP contribution in [0.2, 0.25) is 0 Å². The third-order valence-corrected chi connectivity index (χ3v) is 2.85. The molecule has 3 nitrogen and oxygen atoms in total. The lowest BCUT2D eigenvalue weighted by atomic mass is 10.00. The first kappa shape index (κ1) is 9.29. The van der Waals surface area contributed by atoms with Gasteiger partial charge in [0.2, 0.25) is 0 Å². The Morgan fingerprint density at radius 1 is 1.50 bits per heavy atom. The lowest BCUT2D eigenvalue weighted by molar-refractivity contribution is 0.387. The lowest BCUT2D eigenvalue weighted by Gasteiger charge is -2.21. The summed E-state index contributed by atoms with van der Waals surface area (Å²) in [7, 11) is 0. The van der Waals surface area contributed by atoms with Crippen LogP contribution in [-0.2, 0) is 6.54 Å². The maximum absolute atomic E-state index is 9.10. The van der Waals surface area contributed by atoms with Gasteiger partial charge >= 0.3 is 0 Å². The molecule has 74 valence electrons. The molecule has 0 radical (unpaired) electrons. The summed E-state index contributed by atoms with van der Waals surface area (Å²) in [5.74, 6) is 0.895. The van der Waals surface area contributed by atoms with E-state index in [-0.39, 0.29) is 5.54 Å². The summed E-state index contributed by atoms with van der Waals surface area (Å²) in [6.07, 6.45) is 5.89. The summed E-state index contributed by atoms with van der Waals surface area (Å²) < 4.78 is 5.21.